The number of aromatic nitrogens is 2. The van der Waals surface area contributed by atoms with E-state index in [2.05, 4.69) is 27.9 Å². The maximum atomic E-state index is 11.7. The van der Waals surface area contributed by atoms with Crippen molar-refractivity contribution in [1.29, 1.82) is 0 Å². The quantitative estimate of drug-likeness (QED) is 0.406. The second-order valence-corrected chi connectivity index (χ2v) is 4.37. The number of ether oxygens (including phenoxy) is 1. The number of amides is 1. The number of hydrogen-bond donors (Lipinski definition) is 1. The Morgan fingerprint density at radius 2 is 2.35 bits per heavy atom. The lowest BCUT2D eigenvalue weighted by atomic mass is 10.0. The Kier molecular flexibility index (Phi) is 4.29. The van der Waals surface area contributed by atoms with Crippen LogP contribution in [0.3, 0.4) is 0 Å². The van der Waals surface area contributed by atoms with Crippen molar-refractivity contribution in [3.8, 4) is 5.88 Å². The van der Waals surface area contributed by atoms with Gasteiger partial charge in [0.25, 0.3) is 0 Å². The first-order valence-corrected chi connectivity index (χ1v) is 6.07. The number of carbonyl (C=O) groups is 1. The largest absolute Gasteiger partial charge is 0.472 e. The first-order chi connectivity index (χ1) is 9.61. The number of azide groups is 1. The molecule has 1 aromatic carbocycles. The number of aryl methyl sites for hydroxylation is 1. The van der Waals surface area contributed by atoms with Crippen molar-refractivity contribution in [2.75, 3.05) is 0 Å². The van der Waals surface area contributed by atoms with Gasteiger partial charge in [-0.15, -0.1) is 5.10 Å². The lowest BCUT2D eigenvalue weighted by molar-refractivity contribution is 0.0997. The first kappa shape index (κ1) is 14.0. The summed E-state index contributed by atoms with van der Waals surface area (Å²) in [7, 11) is 0. The summed E-state index contributed by atoms with van der Waals surface area (Å²) in [5.41, 5.74) is 10.2. The fraction of sp³-hybridized carbons (Fsp3) is 0.167. The molecule has 2 rings (SSSR count). The van der Waals surface area contributed by atoms with Gasteiger partial charge in [-0.05, 0) is 35.9 Å². The Labute approximate surface area is 120 Å². The predicted octanol–water partition coefficient (Wildman–Crippen LogP) is 2.91. The fourth-order valence-corrected chi connectivity index (χ4v) is 1.86. The molecule has 2 aromatic rings. The molecule has 0 spiro atoms. The van der Waals surface area contributed by atoms with Crippen molar-refractivity contribution in [3.05, 3.63) is 57.6 Å². The molecular weight excluding hydrogens is 278 g/mol. The van der Waals surface area contributed by atoms with Gasteiger partial charge < -0.3 is 4.74 Å². The normalized spacial score (nSPS) is 9.90. The Hall–Kier alpha value is -2.44. The molecule has 0 N–H and O–H groups in total. The minimum absolute atomic E-state index is 0.152. The zero-order valence-corrected chi connectivity index (χ0v) is 11.5. The molecule has 0 unspecified atom stereocenters. The summed E-state index contributed by atoms with van der Waals surface area (Å²) >= 11 is 4.00. The highest BCUT2D eigenvalue weighted by molar-refractivity contribution is 7.78. The highest BCUT2D eigenvalue weighted by Crippen LogP contribution is 2.18. The van der Waals surface area contributed by atoms with Crippen LogP contribution in [0.1, 0.15) is 21.5 Å². The van der Waals surface area contributed by atoms with Gasteiger partial charge in [-0.25, -0.2) is 4.09 Å². The Bertz CT molecular complexity index is 691. The smallest absolute Gasteiger partial charge is 0.249 e. The van der Waals surface area contributed by atoms with Gasteiger partial charge in [0, 0.05) is 28.3 Å². The molecule has 1 aromatic heterocycles. The fourth-order valence-electron chi connectivity index (χ4n) is 1.71. The van der Waals surface area contributed by atoms with Crippen molar-refractivity contribution in [1.82, 2.24) is 9.19 Å². The molecule has 1 heterocycles. The van der Waals surface area contributed by atoms with E-state index in [1.165, 1.54) is 4.09 Å². The van der Waals surface area contributed by atoms with Crippen LogP contribution in [-0.2, 0) is 6.61 Å². The summed E-state index contributed by atoms with van der Waals surface area (Å²) < 4.78 is 6.81. The van der Waals surface area contributed by atoms with E-state index in [-0.39, 0.29) is 6.61 Å². The minimum atomic E-state index is -0.630. The van der Waals surface area contributed by atoms with Crippen LogP contribution in [0.15, 0.2) is 35.6 Å². The summed E-state index contributed by atoms with van der Waals surface area (Å²) in [6.45, 7) is 2.00. The molecule has 1 amide bonds. The summed E-state index contributed by atoms with van der Waals surface area (Å²) in [6.07, 6.45) is 1.63. The lowest BCUT2D eigenvalue weighted by Crippen LogP contribution is -2.06. The van der Waals surface area contributed by atoms with Crippen molar-refractivity contribution in [2.45, 2.75) is 13.5 Å². The predicted molar refractivity (Wildman–Crippen MR) is 75.6 cm³/mol. The molecule has 0 aliphatic heterocycles. The van der Waals surface area contributed by atoms with Crippen LogP contribution in [0, 0.1) is 6.92 Å². The van der Waals surface area contributed by atoms with E-state index in [0.717, 1.165) is 5.56 Å². The van der Waals surface area contributed by atoms with Crippen LogP contribution in [0.4, 0.5) is 0 Å². The number of carbonyl (C=O) groups excluding carboxylic acids is 1. The van der Waals surface area contributed by atoms with Gasteiger partial charge in [0.05, 0.1) is 0 Å². The number of rotatable bonds is 4. The molecule has 0 fully saturated rings. The van der Waals surface area contributed by atoms with Gasteiger partial charge in [-0.2, -0.15) is 0 Å². The van der Waals surface area contributed by atoms with Crippen molar-refractivity contribution in [2.24, 2.45) is 5.11 Å². The number of benzene rings is 1. The highest BCUT2D eigenvalue weighted by Gasteiger charge is 2.13. The molecule has 8 heteroatoms. The van der Waals surface area contributed by atoms with Gasteiger partial charge in [-0.1, -0.05) is 18.2 Å². The second-order valence-electron chi connectivity index (χ2n) is 3.96. The average Bonchev–Trinajstić information content (AvgIpc) is 2.83. The maximum absolute atomic E-state index is 11.7. The summed E-state index contributed by atoms with van der Waals surface area (Å²) in [5, 5.41) is 7.07. The van der Waals surface area contributed by atoms with E-state index in [1.54, 1.807) is 24.4 Å². The van der Waals surface area contributed by atoms with Crippen LogP contribution in [0.2, 0.25) is 0 Å². The molecule has 0 aliphatic carbocycles. The molecule has 0 atom stereocenters. The summed E-state index contributed by atoms with van der Waals surface area (Å²) in [5.74, 6) is -0.236. The molecule has 0 saturated heterocycles. The van der Waals surface area contributed by atoms with Crippen LogP contribution in [-0.4, -0.2) is 15.1 Å². The SMILES string of the molecule is Cc1cccc(C(=O)N=[N+]=[N-])c1COc1ccn(S)n1. The van der Waals surface area contributed by atoms with E-state index in [9.17, 15) is 4.79 Å². The molecule has 0 saturated carbocycles. The van der Waals surface area contributed by atoms with E-state index < -0.39 is 5.91 Å². The van der Waals surface area contributed by atoms with Gasteiger partial charge in [0.2, 0.25) is 11.8 Å². The van der Waals surface area contributed by atoms with Gasteiger partial charge in [-0.3, -0.25) is 4.79 Å². The molecule has 0 bridgehead atoms. The van der Waals surface area contributed by atoms with Gasteiger partial charge in [0.1, 0.15) is 6.61 Å². The van der Waals surface area contributed by atoms with Crippen LogP contribution < -0.4 is 4.74 Å². The Balaban J connectivity index is 2.25. The van der Waals surface area contributed by atoms with Crippen LogP contribution in [0.25, 0.3) is 10.4 Å². The lowest BCUT2D eigenvalue weighted by Gasteiger charge is -2.10. The maximum Gasteiger partial charge on any atom is 0.249 e. The number of hydrogen-bond acceptors (Lipinski definition) is 4. The summed E-state index contributed by atoms with van der Waals surface area (Å²) in [6, 6.07) is 6.82. The minimum Gasteiger partial charge on any atom is -0.472 e. The van der Waals surface area contributed by atoms with E-state index in [4.69, 9.17) is 10.3 Å². The number of thiol groups is 1. The van der Waals surface area contributed by atoms with Crippen LogP contribution >= 0.6 is 12.8 Å². The van der Waals surface area contributed by atoms with Crippen molar-refractivity contribution in [3.63, 3.8) is 0 Å². The average molecular weight is 289 g/mol. The number of nitrogens with zero attached hydrogens (tertiary/aromatic N) is 5. The molecular formula is C12H11N5O2S. The first-order valence-electron chi connectivity index (χ1n) is 5.67. The topological polar surface area (TPSA) is 92.9 Å². The zero-order chi connectivity index (χ0) is 14.5. The molecule has 102 valence electrons. The van der Waals surface area contributed by atoms with E-state index >= 15 is 0 Å². The monoisotopic (exact) mass is 289 g/mol. The third kappa shape index (κ3) is 3.11. The molecule has 20 heavy (non-hydrogen) atoms. The molecule has 7 nitrogen and oxygen atoms in total. The Morgan fingerprint density at radius 3 is 3.00 bits per heavy atom. The third-order valence-electron chi connectivity index (χ3n) is 2.69. The standard InChI is InChI=1S/C12H11N5O2S/c1-8-3-2-4-9(12(18)14-16-13)10(8)7-19-11-5-6-17(20)15-11/h2-6,20H,7H2,1H3. The Morgan fingerprint density at radius 1 is 1.55 bits per heavy atom. The van der Waals surface area contributed by atoms with Gasteiger partial charge in [0.15, 0.2) is 0 Å². The van der Waals surface area contributed by atoms with Crippen molar-refractivity contribution >= 4 is 18.7 Å². The molecule has 0 aliphatic rings. The van der Waals surface area contributed by atoms with Gasteiger partial charge >= 0.3 is 0 Å². The van der Waals surface area contributed by atoms with Crippen LogP contribution in [0.5, 0.6) is 5.88 Å². The third-order valence-corrected chi connectivity index (χ3v) is 2.91. The zero-order valence-electron chi connectivity index (χ0n) is 10.6. The molecule has 0 radical (unpaired) electrons. The summed E-state index contributed by atoms with van der Waals surface area (Å²) in [4.78, 5) is 14.2. The van der Waals surface area contributed by atoms with Crippen molar-refractivity contribution < 1.29 is 9.53 Å². The van der Waals surface area contributed by atoms with E-state index in [0.29, 0.717) is 17.0 Å². The second kappa shape index (κ2) is 6.14. The van der Waals surface area contributed by atoms with E-state index in [1.807, 2.05) is 13.0 Å². The highest BCUT2D eigenvalue weighted by atomic mass is 32.1.